The second-order valence-electron chi connectivity index (χ2n) is 6.28. The number of carbonyl (C=O) groups is 1. The first-order valence-corrected chi connectivity index (χ1v) is 9.94. The van der Waals surface area contributed by atoms with E-state index in [0.717, 1.165) is 12.8 Å². The second kappa shape index (κ2) is 8.90. The van der Waals surface area contributed by atoms with Gasteiger partial charge in [-0.1, -0.05) is 37.2 Å². The summed E-state index contributed by atoms with van der Waals surface area (Å²) in [6.45, 7) is 4.82. The molecule has 0 fully saturated rings. The minimum atomic E-state index is -0.388. The number of furan rings is 1. The van der Waals surface area contributed by atoms with Gasteiger partial charge in [0.1, 0.15) is 5.76 Å². The molecule has 1 atom stereocenters. The number of fused-ring (bicyclic) bond motifs is 1. The first-order valence-electron chi connectivity index (χ1n) is 9.06. The van der Waals surface area contributed by atoms with Crippen LogP contribution in [0.1, 0.15) is 32.4 Å². The van der Waals surface area contributed by atoms with Crippen LogP contribution in [0.25, 0.3) is 10.9 Å². The van der Waals surface area contributed by atoms with Gasteiger partial charge in [-0.15, -0.1) is 0 Å². The third-order valence-electron chi connectivity index (χ3n) is 4.23. The Hall–Kier alpha value is -2.54. The van der Waals surface area contributed by atoms with E-state index >= 15 is 0 Å². The summed E-state index contributed by atoms with van der Waals surface area (Å²) < 4.78 is 6.92. The van der Waals surface area contributed by atoms with Gasteiger partial charge in [0.2, 0.25) is 5.91 Å². The molecule has 1 aromatic carbocycles. The molecule has 2 heterocycles. The molecule has 0 radical (unpaired) electrons. The molecule has 3 aromatic rings. The van der Waals surface area contributed by atoms with E-state index in [-0.39, 0.29) is 16.7 Å². The molecule has 0 aliphatic rings. The van der Waals surface area contributed by atoms with Crippen LogP contribution in [0, 0.1) is 0 Å². The Balaban J connectivity index is 1.81. The first-order chi connectivity index (χ1) is 13.1. The van der Waals surface area contributed by atoms with Crippen molar-refractivity contribution in [3.05, 3.63) is 58.8 Å². The van der Waals surface area contributed by atoms with Gasteiger partial charge < -0.3 is 9.73 Å². The molecule has 6 nitrogen and oxygen atoms in total. The number of hydrogen-bond donors (Lipinski definition) is 1. The Morgan fingerprint density at radius 2 is 2.11 bits per heavy atom. The lowest BCUT2D eigenvalue weighted by atomic mass is 10.2. The second-order valence-corrected chi connectivity index (χ2v) is 7.59. The van der Waals surface area contributed by atoms with Crippen LogP contribution in [0.5, 0.6) is 0 Å². The van der Waals surface area contributed by atoms with Crippen LogP contribution in [0.3, 0.4) is 0 Å². The van der Waals surface area contributed by atoms with Gasteiger partial charge in [0.05, 0.1) is 29.0 Å². The molecule has 27 heavy (non-hydrogen) atoms. The molecule has 142 valence electrons. The van der Waals surface area contributed by atoms with E-state index < -0.39 is 0 Å². The molecule has 1 N–H and O–H groups in total. The van der Waals surface area contributed by atoms with E-state index in [2.05, 4.69) is 17.2 Å². The number of amides is 1. The van der Waals surface area contributed by atoms with Crippen LogP contribution in [-0.2, 0) is 17.9 Å². The lowest BCUT2D eigenvalue weighted by Gasteiger charge is -2.16. The number of aromatic nitrogens is 2. The minimum Gasteiger partial charge on any atom is -0.467 e. The van der Waals surface area contributed by atoms with Gasteiger partial charge in [0.25, 0.3) is 5.56 Å². The molecular formula is C20H23N3O3S. The largest absolute Gasteiger partial charge is 0.467 e. The number of nitrogens with one attached hydrogen (secondary N) is 1. The number of rotatable bonds is 8. The smallest absolute Gasteiger partial charge is 0.262 e. The summed E-state index contributed by atoms with van der Waals surface area (Å²) in [4.78, 5) is 30.0. The highest BCUT2D eigenvalue weighted by Crippen LogP contribution is 2.23. The molecule has 7 heteroatoms. The highest BCUT2D eigenvalue weighted by atomic mass is 32.2. The quantitative estimate of drug-likeness (QED) is 0.474. The van der Waals surface area contributed by atoms with Crippen molar-refractivity contribution in [2.45, 2.75) is 50.2 Å². The van der Waals surface area contributed by atoms with Gasteiger partial charge in [-0.2, -0.15) is 0 Å². The van der Waals surface area contributed by atoms with Crippen molar-refractivity contribution in [2.24, 2.45) is 0 Å². The van der Waals surface area contributed by atoms with Crippen LogP contribution in [-0.4, -0.2) is 20.7 Å². The maximum atomic E-state index is 12.9. The van der Waals surface area contributed by atoms with E-state index in [9.17, 15) is 9.59 Å². The van der Waals surface area contributed by atoms with E-state index in [0.29, 0.717) is 34.9 Å². The Bertz CT molecular complexity index is 966. The van der Waals surface area contributed by atoms with Crippen molar-refractivity contribution < 1.29 is 9.21 Å². The van der Waals surface area contributed by atoms with Gasteiger partial charge in [0, 0.05) is 6.54 Å². The molecule has 3 rings (SSSR count). The number of thioether (sulfide) groups is 1. The van der Waals surface area contributed by atoms with E-state index in [1.807, 2.05) is 31.2 Å². The molecule has 0 aliphatic heterocycles. The van der Waals surface area contributed by atoms with Crippen molar-refractivity contribution in [1.29, 1.82) is 0 Å². The normalized spacial score (nSPS) is 12.2. The predicted octanol–water partition coefficient (Wildman–Crippen LogP) is 3.59. The molecule has 2 aromatic heterocycles. The summed E-state index contributed by atoms with van der Waals surface area (Å²) in [6, 6.07) is 10.9. The number of carbonyl (C=O) groups excluding carboxylic acids is 1. The SMILES string of the molecule is CCCCn1c(S[C@H](C)C(=O)NCc2ccco2)nc2ccccc2c1=O. The maximum Gasteiger partial charge on any atom is 0.262 e. The number of hydrogen-bond acceptors (Lipinski definition) is 5. The number of unbranched alkanes of at least 4 members (excludes halogenated alkanes) is 1. The average molecular weight is 385 g/mol. The highest BCUT2D eigenvalue weighted by molar-refractivity contribution is 8.00. The zero-order valence-electron chi connectivity index (χ0n) is 15.5. The average Bonchev–Trinajstić information content (AvgIpc) is 3.19. The van der Waals surface area contributed by atoms with Crippen LogP contribution < -0.4 is 10.9 Å². The van der Waals surface area contributed by atoms with Gasteiger partial charge in [-0.3, -0.25) is 14.2 Å². The van der Waals surface area contributed by atoms with Crippen LogP contribution in [0.2, 0.25) is 0 Å². The summed E-state index contributed by atoms with van der Waals surface area (Å²) in [5.41, 5.74) is 0.598. The molecule has 0 saturated heterocycles. The summed E-state index contributed by atoms with van der Waals surface area (Å²) in [6.07, 6.45) is 3.43. The third-order valence-corrected chi connectivity index (χ3v) is 5.32. The Labute approximate surface area is 162 Å². The predicted molar refractivity (Wildman–Crippen MR) is 107 cm³/mol. The Kier molecular flexibility index (Phi) is 6.34. The number of para-hydroxylation sites is 1. The minimum absolute atomic E-state index is 0.0558. The fourth-order valence-electron chi connectivity index (χ4n) is 2.69. The van der Waals surface area contributed by atoms with Crippen molar-refractivity contribution in [3.63, 3.8) is 0 Å². The fourth-order valence-corrected chi connectivity index (χ4v) is 3.65. The van der Waals surface area contributed by atoms with Crippen molar-refractivity contribution >= 4 is 28.6 Å². The van der Waals surface area contributed by atoms with Gasteiger partial charge in [0.15, 0.2) is 5.16 Å². The molecule has 0 bridgehead atoms. The van der Waals surface area contributed by atoms with Crippen molar-refractivity contribution in [3.8, 4) is 0 Å². The zero-order valence-corrected chi connectivity index (χ0v) is 16.3. The molecule has 0 spiro atoms. The van der Waals surface area contributed by atoms with E-state index in [4.69, 9.17) is 4.42 Å². The number of nitrogens with zero attached hydrogens (tertiary/aromatic N) is 2. The standard InChI is InChI=1S/C20H23N3O3S/c1-3-4-11-23-19(25)16-9-5-6-10-17(16)22-20(23)27-14(2)18(24)21-13-15-8-7-12-26-15/h5-10,12,14H,3-4,11,13H2,1-2H3,(H,21,24)/t14-/m1/s1. The summed E-state index contributed by atoms with van der Waals surface area (Å²) in [7, 11) is 0. The summed E-state index contributed by atoms with van der Waals surface area (Å²) in [5.74, 6) is 0.574. The molecule has 0 aliphatic carbocycles. The molecule has 0 saturated carbocycles. The van der Waals surface area contributed by atoms with Gasteiger partial charge in [-0.05, 0) is 37.6 Å². The van der Waals surface area contributed by atoms with Crippen LogP contribution in [0.4, 0.5) is 0 Å². The lowest BCUT2D eigenvalue weighted by molar-refractivity contribution is -0.120. The number of benzene rings is 1. The topological polar surface area (TPSA) is 77.1 Å². The van der Waals surface area contributed by atoms with Crippen molar-refractivity contribution in [1.82, 2.24) is 14.9 Å². The summed E-state index contributed by atoms with van der Waals surface area (Å²) >= 11 is 1.30. The van der Waals surface area contributed by atoms with E-state index in [1.54, 1.807) is 23.0 Å². The highest BCUT2D eigenvalue weighted by Gasteiger charge is 2.19. The zero-order chi connectivity index (χ0) is 19.2. The molecule has 0 unspecified atom stereocenters. The Morgan fingerprint density at radius 1 is 1.30 bits per heavy atom. The maximum absolute atomic E-state index is 12.9. The third kappa shape index (κ3) is 4.60. The fraction of sp³-hybridized carbons (Fsp3) is 0.350. The van der Waals surface area contributed by atoms with Crippen LogP contribution in [0.15, 0.2) is 57.0 Å². The first kappa shape index (κ1) is 19.2. The summed E-state index contributed by atoms with van der Waals surface area (Å²) in [5, 5.41) is 3.64. The lowest BCUT2D eigenvalue weighted by Crippen LogP contribution is -2.31. The van der Waals surface area contributed by atoms with Crippen molar-refractivity contribution in [2.75, 3.05) is 0 Å². The van der Waals surface area contributed by atoms with E-state index in [1.165, 1.54) is 11.8 Å². The van der Waals surface area contributed by atoms with Gasteiger partial charge in [-0.25, -0.2) is 4.98 Å². The van der Waals surface area contributed by atoms with Gasteiger partial charge >= 0.3 is 0 Å². The molecular weight excluding hydrogens is 362 g/mol. The Morgan fingerprint density at radius 3 is 2.85 bits per heavy atom. The van der Waals surface area contributed by atoms with Crippen LogP contribution >= 0.6 is 11.8 Å². The monoisotopic (exact) mass is 385 g/mol. The molecule has 1 amide bonds.